The van der Waals surface area contributed by atoms with Crippen LogP contribution in [-0.4, -0.2) is 16.1 Å². The summed E-state index contributed by atoms with van der Waals surface area (Å²) >= 11 is 0. The highest BCUT2D eigenvalue weighted by molar-refractivity contribution is 5.36. The first-order chi connectivity index (χ1) is 8.20. The summed E-state index contributed by atoms with van der Waals surface area (Å²) in [7, 11) is 0. The van der Waals surface area contributed by atoms with E-state index in [4.69, 9.17) is 5.73 Å². The predicted molar refractivity (Wildman–Crippen MR) is 70.4 cm³/mol. The predicted octanol–water partition coefficient (Wildman–Crippen LogP) is 2.50. The minimum absolute atomic E-state index is 0.569. The number of benzene rings is 1. The SMILES string of the molecule is CC(C)c1ccc(-n2cnc(CCN)c2)cc1. The van der Waals surface area contributed by atoms with E-state index in [1.54, 1.807) is 0 Å². The molecule has 0 saturated carbocycles. The van der Waals surface area contributed by atoms with Gasteiger partial charge in [-0.05, 0) is 30.2 Å². The molecule has 2 aromatic rings. The lowest BCUT2D eigenvalue weighted by Gasteiger charge is -2.07. The van der Waals surface area contributed by atoms with Gasteiger partial charge in [-0.25, -0.2) is 4.98 Å². The summed E-state index contributed by atoms with van der Waals surface area (Å²) in [5.41, 5.74) is 9.06. The minimum Gasteiger partial charge on any atom is -0.330 e. The van der Waals surface area contributed by atoms with Gasteiger partial charge in [0.25, 0.3) is 0 Å². The maximum atomic E-state index is 5.51. The van der Waals surface area contributed by atoms with Crippen LogP contribution in [0.1, 0.15) is 31.0 Å². The van der Waals surface area contributed by atoms with Crippen LogP contribution >= 0.6 is 0 Å². The van der Waals surface area contributed by atoms with Crippen LogP contribution in [0.3, 0.4) is 0 Å². The Balaban J connectivity index is 2.21. The zero-order valence-electron chi connectivity index (χ0n) is 10.4. The van der Waals surface area contributed by atoms with E-state index >= 15 is 0 Å². The Hall–Kier alpha value is -1.61. The molecule has 0 fully saturated rings. The van der Waals surface area contributed by atoms with Crippen LogP contribution in [0.5, 0.6) is 0 Å². The summed E-state index contributed by atoms with van der Waals surface area (Å²) in [5, 5.41) is 0. The first-order valence-electron chi connectivity index (χ1n) is 6.04. The molecule has 1 aromatic carbocycles. The Morgan fingerprint density at radius 2 is 1.94 bits per heavy atom. The van der Waals surface area contributed by atoms with E-state index in [0.29, 0.717) is 12.5 Å². The third-order valence-electron chi connectivity index (χ3n) is 2.89. The van der Waals surface area contributed by atoms with E-state index in [-0.39, 0.29) is 0 Å². The second kappa shape index (κ2) is 5.15. The van der Waals surface area contributed by atoms with Gasteiger partial charge in [-0.2, -0.15) is 0 Å². The van der Waals surface area contributed by atoms with Gasteiger partial charge in [-0.3, -0.25) is 0 Å². The lowest BCUT2D eigenvalue weighted by atomic mass is 10.0. The van der Waals surface area contributed by atoms with Crippen LogP contribution < -0.4 is 5.73 Å². The van der Waals surface area contributed by atoms with E-state index in [1.165, 1.54) is 5.56 Å². The highest BCUT2D eigenvalue weighted by Gasteiger charge is 2.02. The topological polar surface area (TPSA) is 43.8 Å². The zero-order chi connectivity index (χ0) is 12.3. The third-order valence-corrected chi connectivity index (χ3v) is 2.89. The highest BCUT2D eigenvalue weighted by atomic mass is 15.0. The summed E-state index contributed by atoms with van der Waals surface area (Å²) in [4.78, 5) is 4.32. The van der Waals surface area contributed by atoms with Crippen molar-refractivity contribution in [3.8, 4) is 5.69 Å². The first-order valence-corrected chi connectivity index (χ1v) is 6.04. The van der Waals surface area contributed by atoms with Crippen molar-refractivity contribution in [3.63, 3.8) is 0 Å². The van der Waals surface area contributed by atoms with Crippen LogP contribution in [0.2, 0.25) is 0 Å². The first kappa shape index (κ1) is 11.9. The Bertz CT molecular complexity index is 468. The normalized spacial score (nSPS) is 11.1. The Kier molecular flexibility index (Phi) is 3.59. The molecule has 0 amide bonds. The Morgan fingerprint density at radius 3 is 2.53 bits per heavy atom. The number of hydrogen-bond acceptors (Lipinski definition) is 2. The van der Waals surface area contributed by atoms with Gasteiger partial charge in [0.2, 0.25) is 0 Å². The van der Waals surface area contributed by atoms with Crippen LogP contribution in [0.4, 0.5) is 0 Å². The lowest BCUT2D eigenvalue weighted by Crippen LogP contribution is -2.02. The molecule has 2 N–H and O–H groups in total. The van der Waals surface area contributed by atoms with Gasteiger partial charge in [0.05, 0.1) is 12.0 Å². The summed E-state index contributed by atoms with van der Waals surface area (Å²) < 4.78 is 2.04. The molecule has 3 nitrogen and oxygen atoms in total. The number of aromatic nitrogens is 2. The average molecular weight is 229 g/mol. The van der Waals surface area contributed by atoms with Crippen molar-refractivity contribution in [2.24, 2.45) is 5.73 Å². The molecule has 0 radical (unpaired) electrons. The molecule has 2 rings (SSSR count). The average Bonchev–Trinajstić information content (AvgIpc) is 2.78. The van der Waals surface area contributed by atoms with Gasteiger partial charge in [0, 0.05) is 18.3 Å². The molecular weight excluding hydrogens is 210 g/mol. The molecule has 1 aromatic heterocycles. The molecule has 0 unspecified atom stereocenters. The fourth-order valence-electron chi connectivity index (χ4n) is 1.81. The highest BCUT2D eigenvalue weighted by Crippen LogP contribution is 2.17. The molecule has 90 valence electrons. The molecule has 0 bridgehead atoms. The number of imidazole rings is 1. The van der Waals surface area contributed by atoms with E-state index < -0.39 is 0 Å². The monoisotopic (exact) mass is 229 g/mol. The van der Waals surface area contributed by atoms with Crippen LogP contribution in [0.15, 0.2) is 36.8 Å². The van der Waals surface area contributed by atoms with Crippen molar-refractivity contribution < 1.29 is 0 Å². The molecule has 0 aliphatic carbocycles. The van der Waals surface area contributed by atoms with Crippen molar-refractivity contribution in [2.75, 3.05) is 6.54 Å². The van der Waals surface area contributed by atoms with Crippen molar-refractivity contribution >= 4 is 0 Å². The van der Waals surface area contributed by atoms with Gasteiger partial charge in [-0.15, -0.1) is 0 Å². The summed E-state index contributed by atoms with van der Waals surface area (Å²) in [6.45, 7) is 5.04. The minimum atomic E-state index is 0.569. The van der Waals surface area contributed by atoms with Gasteiger partial charge >= 0.3 is 0 Å². The molecule has 0 spiro atoms. The molecule has 1 heterocycles. The fourth-order valence-corrected chi connectivity index (χ4v) is 1.81. The van der Waals surface area contributed by atoms with Gasteiger partial charge in [-0.1, -0.05) is 26.0 Å². The third kappa shape index (κ3) is 2.74. The quantitative estimate of drug-likeness (QED) is 0.875. The number of rotatable bonds is 4. The summed E-state index contributed by atoms with van der Waals surface area (Å²) in [6.07, 6.45) is 4.71. The van der Waals surface area contributed by atoms with E-state index in [1.807, 2.05) is 17.1 Å². The van der Waals surface area contributed by atoms with E-state index in [0.717, 1.165) is 17.8 Å². The Morgan fingerprint density at radius 1 is 1.24 bits per heavy atom. The summed E-state index contributed by atoms with van der Waals surface area (Å²) in [5.74, 6) is 0.569. The maximum absolute atomic E-state index is 5.51. The van der Waals surface area contributed by atoms with Crippen molar-refractivity contribution in [3.05, 3.63) is 48.0 Å². The second-order valence-corrected chi connectivity index (χ2v) is 4.56. The fraction of sp³-hybridized carbons (Fsp3) is 0.357. The molecule has 0 atom stereocenters. The van der Waals surface area contributed by atoms with Crippen molar-refractivity contribution in [2.45, 2.75) is 26.2 Å². The number of nitrogens with two attached hydrogens (primary N) is 1. The molecule has 0 saturated heterocycles. The van der Waals surface area contributed by atoms with Gasteiger partial charge in [0.15, 0.2) is 0 Å². The van der Waals surface area contributed by atoms with Crippen LogP contribution in [0.25, 0.3) is 5.69 Å². The maximum Gasteiger partial charge on any atom is 0.0995 e. The lowest BCUT2D eigenvalue weighted by molar-refractivity contribution is 0.865. The molecule has 0 aliphatic heterocycles. The van der Waals surface area contributed by atoms with Crippen LogP contribution in [-0.2, 0) is 6.42 Å². The van der Waals surface area contributed by atoms with Crippen LogP contribution in [0, 0.1) is 0 Å². The van der Waals surface area contributed by atoms with Crippen molar-refractivity contribution in [1.29, 1.82) is 0 Å². The largest absolute Gasteiger partial charge is 0.330 e. The molecule has 0 aliphatic rings. The van der Waals surface area contributed by atoms with E-state index in [2.05, 4.69) is 43.1 Å². The van der Waals surface area contributed by atoms with E-state index in [9.17, 15) is 0 Å². The van der Waals surface area contributed by atoms with Gasteiger partial charge < -0.3 is 10.3 Å². The number of nitrogens with zero attached hydrogens (tertiary/aromatic N) is 2. The molecule has 17 heavy (non-hydrogen) atoms. The second-order valence-electron chi connectivity index (χ2n) is 4.56. The Labute approximate surface area is 102 Å². The smallest absolute Gasteiger partial charge is 0.0995 e. The summed E-state index contributed by atoms with van der Waals surface area (Å²) in [6, 6.07) is 8.59. The van der Waals surface area contributed by atoms with Gasteiger partial charge in [0.1, 0.15) is 0 Å². The molecular formula is C14H19N3. The zero-order valence-corrected chi connectivity index (χ0v) is 10.4. The standard InChI is InChI=1S/C14H19N3/c1-11(2)12-3-5-14(6-4-12)17-9-13(7-8-15)16-10-17/h3-6,9-11H,7-8,15H2,1-2H3. The molecule has 3 heteroatoms. The number of hydrogen-bond donors (Lipinski definition) is 1. The van der Waals surface area contributed by atoms with Crippen molar-refractivity contribution in [1.82, 2.24) is 9.55 Å².